The Morgan fingerprint density at radius 2 is 1.90 bits per heavy atom. The second-order valence-corrected chi connectivity index (χ2v) is 7.10. The molecule has 5 nitrogen and oxygen atoms in total. The van der Waals surface area contributed by atoms with Crippen LogP contribution in [-0.4, -0.2) is 13.4 Å². The van der Waals surface area contributed by atoms with Crippen molar-refractivity contribution in [1.82, 2.24) is 4.98 Å². The van der Waals surface area contributed by atoms with Crippen LogP contribution in [0, 0.1) is 19.7 Å². The van der Waals surface area contributed by atoms with Crippen LogP contribution in [0.3, 0.4) is 0 Å². The third-order valence-electron chi connectivity index (χ3n) is 2.85. The van der Waals surface area contributed by atoms with Gasteiger partial charge in [0.2, 0.25) is 0 Å². The second-order valence-electron chi connectivity index (χ2n) is 4.57. The van der Waals surface area contributed by atoms with E-state index in [4.69, 9.17) is 5.73 Å². The molecule has 0 unspecified atom stereocenters. The van der Waals surface area contributed by atoms with Gasteiger partial charge >= 0.3 is 0 Å². The van der Waals surface area contributed by atoms with Gasteiger partial charge in [0.25, 0.3) is 10.0 Å². The maximum Gasteiger partial charge on any atom is 0.263 e. The van der Waals surface area contributed by atoms with Gasteiger partial charge in [-0.05, 0) is 59.1 Å². The number of benzene rings is 1. The van der Waals surface area contributed by atoms with Crippen molar-refractivity contribution < 1.29 is 12.8 Å². The van der Waals surface area contributed by atoms with Gasteiger partial charge in [-0.15, -0.1) is 0 Å². The minimum absolute atomic E-state index is 0.110. The molecule has 0 saturated carbocycles. The quantitative estimate of drug-likeness (QED) is 0.809. The van der Waals surface area contributed by atoms with Crippen LogP contribution in [0.4, 0.5) is 15.9 Å². The Balaban J connectivity index is 2.40. The lowest BCUT2D eigenvalue weighted by Crippen LogP contribution is -2.15. The second kappa shape index (κ2) is 5.61. The van der Waals surface area contributed by atoms with E-state index in [1.165, 1.54) is 19.2 Å². The van der Waals surface area contributed by atoms with Crippen molar-refractivity contribution in [2.24, 2.45) is 0 Å². The average Bonchev–Trinajstić information content (AvgIpc) is 2.39. The van der Waals surface area contributed by atoms with Crippen LogP contribution in [0.5, 0.6) is 0 Å². The van der Waals surface area contributed by atoms with E-state index >= 15 is 0 Å². The molecule has 0 aliphatic carbocycles. The lowest BCUT2D eigenvalue weighted by atomic mass is 10.2. The van der Waals surface area contributed by atoms with Crippen molar-refractivity contribution >= 4 is 37.5 Å². The van der Waals surface area contributed by atoms with Gasteiger partial charge in [0, 0.05) is 10.7 Å². The Bertz CT molecular complexity index is 786. The summed E-state index contributed by atoms with van der Waals surface area (Å²) in [5.41, 5.74) is 6.25. The molecule has 0 aliphatic heterocycles. The predicted octanol–water partition coefficient (Wildman–Crippen LogP) is 2.98. The van der Waals surface area contributed by atoms with Gasteiger partial charge in [0.15, 0.2) is 0 Å². The Kier molecular flexibility index (Phi) is 4.20. The minimum atomic E-state index is -3.88. The van der Waals surface area contributed by atoms with Crippen LogP contribution < -0.4 is 10.5 Å². The average molecular weight is 374 g/mol. The Morgan fingerprint density at radius 3 is 2.48 bits per heavy atom. The van der Waals surface area contributed by atoms with Crippen molar-refractivity contribution in [3.05, 3.63) is 45.8 Å². The van der Waals surface area contributed by atoms with Crippen LogP contribution in [0.15, 0.2) is 33.8 Å². The number of nitrogens with zero attached hydrogens (tertiary/aromatic N) is 1. The lowest BCUT2D eigenvalue weighted by Gasteiger charge is -2.10. The highest BCUT2D eigenvalue weighted by atomic mass is 79.9. The fourth-order valence-corrected chi connectivity index (χ4v) is 3.05. The van der Waals surface area contributed by atoms with Gasteiger partial charge in [-0.3, -0.25) is 4.72 Å². The first-order valence-electron chi connectivity index (χ1n) is 5.91. The van der Waals surface area contributed by atoms with E-state index < -0.39 is 15.8 Å². The summed E-state index contributed by atoms with van der Waals surface area (Å²) in [6.07, 6.45) is 1.50. The summed E-state index contributed by atoms with van der Waals surface area (Å²) in [7, 11) is -3.88. The maximum absolute atomic E-state index is 13.5. The summed E-state index contributed by atoms with van der Waals surface area (Å²) >= 11 is 3.28. The molecule has 8 heteroatoms. The number of aromatic nitrogens is 1. The van der Waals surface area contributed by atoms with Crippen LogP contribution in [0.1, 0.15) is 11.1 Å². The molecule has 0 atom stereocenters. The minimum Gasteiger partial charge on any atom is -0.396 e. The number of nitrogen functional groups attached to an aromatic ring is 1. The maximum atomic E-state index is 13.5. The summed E-state index contributed by atoms with van der Waals surface area (Å²) < 4.78 is 41.1. The van der Waals surface area contributed by atoms with Gasteiger partial charge in [-0.1, -0.05) is 0 Å². The third-order valence-corrected chi connectivity index (χ3v) is 5.02. The largest absolute Gasteiger partial charge is 0.396 e. The van der Waals surface area contributed by atoms with E-state index in [9.17, 15) is 12.8 Å². The molecule has 2 rings (SSSR count). The smallest absolute Gasteiger partial charge is 0.263 e. The number of pyridine rings is 1. The highest BCUT2D eigenvalue weighted by Crippen LogP contribution is 2.23. The molecule has 2 aromatic rings. The number of halogens is 2. The highest BCUT2D eigenvalue weighted by Gasteiger charge is 2.18. The van der Waals surface area contributed by atoms with Crippen LogP contribution in [-0.2, 0) is 10.0 Å². The number of hydrogen-bond acceptors (Lipinski definition) is 4. The molecule has 112 valence electrons. The zero-order valence-electron chi connectivity index (χ0n) is 11.3. The fraction of sp³-hybridized carbons (Fsp3) is 0.154. The number of aryl methyl sites for hydroxylation is 2. The van der Waals surface area contributed by atoms with Gasteiger partial charge in [0.1, 0.15) is 11.6 Å². The molecule has 1 aromatic carbocycles. The molecule has 0 radical (unpaired) electrons. The number of hydrogen-bond donors (Lipinski definition) is 2. The summed E-state index contributed by atoms with van der Waals surface area (Å²) in [5, 5.41) is 0. The molecule has 0 amide bonds. The zero-order chi connectivity index (χ0) is 15.8. The molecular weight excluding hydrogens is 361 g/mol. The first kappa shape index (κ1) is 15.7. The molecule has 0 bridgehead atoms. The van der Waals surface area contributed by atoms with E-state index in [1.807, 2.05) is 6.92 Å². The predicted molar refractivity (Wildman–Crippen MR) is 83.0 cm³/mol. The zero-order valence-corrected chi connectivity index (χ0v) is 13.7. The highest BCUT2D eigenvalue weighted by molar-refractivity contribution is 9.10. The number of sulfonamides is 1. The Hall–Kier alpha value is -1.67. The van der Waals surface area contributed by atoms with Crippen LogP contribution in [0.2, 0.25) is 0 Å². The van der Waals surface area contributed by atoms with Crippen molar-refractivity contribution in [3.8, 4) is 0 Å². The molecule has 1 heterocycles. The van der Waals surface area contributed by atoms with Gasteiger partial charge in [0.05, 0.1) is 10.6 Å². The Morgan fingerprint density at radius 1 is 1.24 bits per heavy atom. The van der Waals surface area contributed by atoms with E-state index in [1.54, 1.807) is 6.07 Å². The number of nitrogens with two attached hydrogens (primary N) is 1. The normalized spacial score (nSPS) is 11.4. The van der Waals surface area contributed by atoms with Crippen molar-refractivity contribution in [2.45, 2.75) is 18.7 Å². The molecular formula is C13H13BrFN3O2S. The third kappa shape index (κ3) is 3.33. The summed E-state index contributed by atoms with van der Waals surface area (Å²) in [4.78, 5) is 3.86. The monoisotopic (exact) mass is 373 g/mol. The number of anilines is 2. The summed E-state index contributed by atoms with van der Waals surface area (Å²) in [5.74, 6) is -0.442. The number of nitrogens with one attached hydrogen (secondary N) is 1. The van der Waals surface area contributed by atoms with Crippen LogP contribution >= 0.6 is 15.9 Å². The molecule has 21 heavy (non-hydrogen) atoms. The van der Waals surface area contributed by atoms with E-state index in [0.29, 0.717) is 0 Å². The van der Waals surface area contributed by atoms with Crippen LogP contribution in [0.25, 0.3) is 0 Å². The SMILES string of the molecule is Cc1cc(NS(=O)(=O)c2cc(C)c(F)c(N)c2)ncc1Br. The van der Waals surface area contributed by atoms with Gasteiger partial charge in [-0.25, -0.2) is 17.8 Å². The standard InChI is InChI=1S/C13H13BrFN3O2S/c1-7-4-12(17-6-10(7)14)18-21(19,20)9-3-8(2)13(15)11(16)5-9/h3-6H,16H2,1-2H3,(H,17,18). The van der Waals surface area contributed by atoms with Crippen molar-refractivity contribution in [3.63, 3.8) is 0 Å². The molecule has 0 saturated heterocycles. The van der Waals surface area contributed by atoms with E-state index in [2.05, 4.69) is 25.6 Å². The first-order chi connectivity index (χ1) is 9.70. The first-order valence-corrected chi connectivity index (χ1v) is 8.19. The molecule has 0 fully saturated rings. The van der Waals surface area contributed by atoms with Crippen molar-refractivity contribution in [2.75, 3.05) is 10.5 Å². The fourth-order valence-electron chi connectivity index (χ4n) is 1.71. The molecule has 1 aromatic heterocycles. The van der Waals surface area contributed by atoms with Crippen molar-refractivity contribution in [1.29, 1.82) is 0 Å². The molecule has 0 spiro atoms. The van der Waals surface area contributed by atoms with E-state index in [0.717, 1.165) is 16.1 Å². The lowest BCUT2D eigenvalue weighted by molar-refractivity contribution is 0.599. The number of rotatable bonds is 3. The molecule has 0 aliphatic rings. The van der Waals surface area contributed by atoms with Gasteiger partial charge in [-0.2, -0.15) is 0 Å². The molecule has 3 N–H and O–H groups in total. The summed E-state index contributed by atoms with van der Waals surface area (Å²) in [6, 6.07) is 3.89. The van der Waals surface area contributed by atoms with E-state index in [-0.39, 0.29) is 22.0 Å². The topological polar surface area (TPSA) is 85.1 Å². The van der Waals surface area contributed by atoms with Gasteiger partial charge < -0.3 is 5.73 Å². The summed E-state index contributed by atoms with van der Waals surface area (Å²) in [6.45, 7) is 3.26. The Labute approximate surface area is 130 Å².